The minimum atomic E-state index is -0.0311. The maximum absolute atomic E-state index is 5.96. The molecule has 0 spiro atoms. The summed E-state index contributed by atoms with van der Waals surface area (Å²) in [6.07, 6.45) is 1.84. The van der Waals surface area contributed by atoms with E-state index in [4.69, 9.17) is 5.73 Å². The molecule has 0 radical (unpaired) electrons. The van der Waals surface area contributed by atoms with Gasteiger partial charge in [-0.05, 0) is 26.5 Å². The van der Waals surface area contributed by atoms with Crippen molar-refractivity contribution in [3.8, 4) is 0 Å². The number of hydrogen-bond acceptors (Lipinski definition) is 3. The summed E-state index contributed by atoms with van der Waals surface area (Å²) in [7, 11) is 0. The van der Waals surface area contributed by atoms with Gasteiger partial charge in [-0.1, -0.05) is 6.92 Å². The second-order valence-electron chi connectivity index (χ2n) is 3.91. The van der Waals surface area contributed by atoms with Crippen LogP contribution in [-0.2, 0) is 5.54 Å². The Labute approximate surface area is 83.7 Å². The Morgan fingerprint density at radius 3 is 2.54 bits per heavy atom. The van der Waals surface area contributed by atoms with Gasteiger partial charge in [-0.15, -0.1) is 11.8 Å². The van der Waals surface area contributed by atoms with Crippen LogP contribution in [0.25, 0.3) is 0 Å². The molecule has 1 aromatic rings. The van der Waals surface area contributed by atoms with E-state index in [0.29, 0.717) is 0 Å². The number of nitrogens with zero attached hydrogens (tertiary/aromatic N) is 2. The van der Waals surface area contributed by atoms with Crippen molar-refractivity contribution in [2.24, 2.45) is 0 Å². The summed E-state index contributed by atoms with van der Waals surface area (Å²) >= 11 is 1.73. The SMILES string of the molecule is CCSc1cnn(C(C)(C)C)c1N. The molecule has 0 aliphatic rings. The third kappa shape index (κ3) is 2.18. The van der Waals surface area contributed by atoms with Gasteiger partial charge in [0.05, 0.1) is 16.6 Å². The molecule has 0 amide bonds. The number of nitrogen functional groups attached to an aromatic ring is 1. The van der Waals surface area contributed by atoms with Gasteiger partial charge in [0.2, 0.25) is 0 Å². The van der Waals surface area contributed by atoms with E-state index in [1.54, 1.807) is 11.8 Å². The third-order valence-corrected chi connectivity index (χ3v) is 2.62. The van der Waals surface area contributed by atoms with Gasteiger partial charge in [0.15, 0.2) is 0 Å². The van der Waals surface area contributed by atoms with Gasteiger partial charge >= 0.3 is 0 Å². The van der Waals surface area contributed by atoms with Crippen LogP contribution < -0.4 is 5.73 Å². The molecule has 1 heterocycles. The van der Waals surface area contributed by atoms with Gasteiger partial charge in [-0.3, -0.25) is 0 Å². The highest BCUT2D eigenvalue weighted by molar-refractivity contribution is 7.99. The molecule has 0 aliphatic carbocycles. The highest BCUT2D eigenvalue weighted by Gasteiger charge is 2.18. The molecule has 0 atom stereocenters. The van der Waals surface area contributed by atoms with Crippen LogP contribution in [-0.4, -0.2) is 15.5 Å². The van der Waals surface area contributed by atoms with Crippen molar-refractivity contribution in [2.45, 2.75) is 38.1 Å². The largest absolute Gasteiger partial charge is 0.383 e. The predicted octanol–water partition coefficient (Wildman–Crippen LogP) is 2.33. The van der Waals surface area contributed by atoms with E-state index in [1.165, 1.54) is 0 Å². The van der Waals surface area contributed by atoms with Crippen molar-refractivity contribution in [3.63, 3.8) is 0 Å². The van der Waals surface area contributed by atoms with E-state index in [0.717, 1.165) is 16.5 Å². The second-order valence-corrected chi connectivity index (χ2v) is 5.22. The predicted molar refractivity (Wildman–Crippen MR) is 58.0 cm³/mol. The molecule has 1 rings (SSSR count). The number of hydrogen-bond donors (Lipinski definition) is 1. The normalized spacial score (nSPS) is 12.0. The molecule has 0 aromatic carbocycles. The average Bonchev–Trinajstić information content (AvgIpc) is 2.32. The summed E-state index contributed by atoms with van der Waals surface area (Å²) in [5, 5.41) is 4.28. The van der Waals surface area contributed by atoms with Crippen molar-refractivity contribution in [1.82, 2.24) is 9.78 Å². The standard InChI is InChI=1S/C9H17N3S/c1-5-13-7-6-11-12(8(7)10)9(2,3)4/h6H,5,10H2,1-4H3. The number of aromatic nitrogens is 2. The van der Waals surface area contributed by atoms with E-state index in [2.05, 4.69) is 32.8 Å². The Hall–Kier alpha value is -0.640. The lowest BCUT2D eigenvalue weighted by Crippen LogP contribution is -2.24. The maximum atomic E-state index is 5.96. The number of anilines is 1. The summed E-state index contributed by atoms with van der Waals surface area (Å²) < 4.78 is 1.87. The van der Waals surface area contributed by atoms with Gasteiger partial charge in [0.25, 0.3) is 0 Å². The zero-order valence-electron chi connectivity index (χ0n) is 8.66. The minimum absolute atomic E-state index is 0.0311. The number of rotatable bonds is 2. The van der Waals surface area contributed by atoms with Crippen molar-refractivity contribution >= 4 is 17.6 Å². The molecule has 1 aromatic heterocycles. The highest BCUT2D eigenvalue weighted by atomic mass is 32.2. The lowest BCUT2D eigenvalue weighted by atomic mass is 10.1. The van der Waals surface area contributed by atoms with Crippen molar-refractivity contribution < 1.29 is 0 Å². The summed E-state index contributed by atoms with van der Waals surface area (Å²) in [6.45, 7) is 8.39. The van der Waals surface area contributed by atoms with Crippen LogP contribution in [0.3, 0.4) is 0 Å². The Morgan fingerprint density at radius 1 is 1.54 bits per heavy atom. The number of thioether (sulfide) groups is 1. The first-order valence-electron chi connectivity index (χ1n) is 4.43. The van der Waals surface area contributed by atoms with Gasteiger partial charge < -0.3 is 5.73 Å². The third-order valence-electron chi connectivity index (χ3n) is 1.71. The van der Waals surface area contributed by atoms with Crippen LogP contribution >= 0.6 is 11.8 Å². The van der Waals surface area contributed by atoms with E-state index in [9.17, 15) is 0 Å². The fraction of sp³-hybridized carbons (Fsp3) is 0.667. The molecule has 2 N–H and O–H groups in total. The van der Waals surface area contributed by atoms with Gasteiger partial charge in [-0.2, -0.15) is 5.10 Å². The van der Waals surface area contributed by atoms with Crippen molar-refractivity contribution in [3.05, 3.63) is 6.20 Å². The van der Waals surface area contributed by atoms with Crippen molar-refractivity contribution in [1.29, 1.82) is 0 Å². The average molecular weight is 199 g/mol. The van der Waals surface area contributed by atoms with Gasteiger partial charge in [-0.25, -0.2) is 4.68 Å². The minimum Gasteiger partial charge on any atom is -0.383 e. The van der Waals surface area contributed by atoms with Crippen LogP contribution in [0.1, 0.15) is 27.7 Å². The Morgan fingerprint density at radius 2 is 2.15 bits per heavy atom. The lowest BCUT2D eigenvalue weighted by molar-refractivity contribution is 0.361. The fourth-order valence-electron chi connectivity index (χ4n) is 1.14. The highest BCUT2D eigenvalue weighted by Crippen LogP contribution is 2.28. The zero-order chi connectivity index (χ0) is 10.1. The summed E-state index contributed by atoms with van der Waals surface area (Å²) in [5.41, 5.74) is 5.92. The van der Waals surface area contributed by atoms with Crippen LogP contribution in [0, 0.1) is 0 Å². The Bertz CT molecular complexity index is 286. The van der Waals surface area contributed by atoms with E-state index in [1.807, 2.05) is 10.9 Å². The molecule has 74 valence electrons. The zero-order valence-corrected chi connectivity index (χ0v) is 9.48. The summed E-state index contributed by atoms with van der Waals surface area (Å²) in [6, 6.07) is 0. The Kier molecular flexibility index (Phi) is 2.91. The van der Waals surface area contributed by atoms with Crippen LogP contribution in [0.2, 0.25) is 0 Å². The first kappa shape index (κ1) is 10.4. The molecule has 0 saturated heterocycles. The Balaban J connectivity index is 2.99. The lowest BCUT2D eigenvalue weighted by Gasteiger charge is -2.20. The molecular weight excluding hydrogens is 182 g/mol. The summed E-state index contributed by atoms with van der Waals surface area (Å²) in [4.78, 5) is 1.08. The topological polar surface area (TPSA) is 43.8 Å². The first-order chi connectivity index (χ1) is 5.96. The number of nitrogens with two attached hydrogens (primary N) is 1. The van der Waals surface area contributed by atoms with Crippen molar-refractivity contribution in [2.75, 3.05) is 11.5 Å². The molecule has 0 unspecified atom stereocenters. The molecule has 4 heteroatoms. The fourth-order valence-corrected chi connectivity index (χ4v) is 1.81. The molecular formula is C9H17N3S. The van der Waals surface area contributed by atoms with E-state index >= 15 is 0 Å². The molecule has 0 bridgehead atoms. The molecule has 0 saturated carbocycles. The summed E-state index contributed by atoms with van der Waals surface area (Å²) in [5.74, 6) is 1.80. The molecule has 0 fully saturated rings. The van der Waals surface area contributed by atoms with Gasteiger partial charge in [0.1, 0.15) is 5.82 Å². The van der Waals surface area contributed by atoms with E-state index < -0.39 is 0 Å². The van der Waals surface area contributed by atoms with E-state index in [-0.39, 0.29) is 5.54 Å². The molecule has 13 heavy (non-hydrogen) atoms. The molecule has 3 nitrogen and oxygen atoms in total. The van der Waals surface area contributed by atoms with Crippen LogP contribution in [0.5, 0.6) is 0 Å². The van der Waals surface area contributed by atoms with Gasteiger partial charge in [0, 0.05) is 0 Å². The van der Waals surface area contributed by atoms with Crippen LogP contribution in [0.15, 0.2) is 11.1 Å². The maximum Gasteiger partial charge on any atom is 0.136 e. The molecule has 0 aliphatic heterocycles. The smallest absolute Gasteiger partial charge is 0.136 e. The second kappa shape index (κ2) is 3.62. The monoisotopic (exact) mass is 199 g/mol. The van der Waals surface area contributed by atoms with Crippen LogP contribution in [0.4, 0.5) is 5.82 Å². The first-order valence-corrected chi connectivity index (χ1v) is 5.42. The quantitative estimate of drug-likeness (QED) is 0.743.